The van der Waals surface area contributed by atoms with E-state index in [2.05, 4.69) is 31.1 Å². The average Bonchev–Trinajstić information content (AvgIpc) is 2.50. The average molecular weight is 296 g/mol. The fraction of sp³-hybridized carbons (Fsp3) is 1.00. The minimum atomic E-state index is 0.739. The molecule has 1 saturated carbocycles. The largest absolute Gasteiger partial charge is 0.381 e. The number of nitrogens with one attached hydrogen (secondary N) is 1. The molecule has 2 aliphatic rings. The summed E-state index contributed by atoms with van der Waals surface area (Å²) in [6.07, 6.45) is 8.17. The SMILES string of the molecule is CCNC1CCC(CC)CC1CN(C)CC1CCCOC1. The van der Waals surface area contributed by atoms with Gasteiger partial charge in [-0.1, -0.05) is 20.3 Å². The molecule has 1 heterocycles. The van der Waals surface area contributed by atoms with Crippen LogP contribution >= 0.6 is 0 Å². The second-order valence-electron chi connectivity index (χ2n) is 7.32. The zero-order valence-corrected chi connectivity index (χ0v) is 14.4. The van der Waals surface area contributed by atoms with E-state index in [-0.39, 0.29) is 0 Å². The molecule has 4 atom stereocenters. The Morgan fingerprint density at radius 1 is 1.10 bits per heavy atom. The first kappa shape index (κ1) is 17.2. The molecule has 0 aromatic heterocycles. The molecule has 0 spiro atoms. The van der Waals surface area contributed by atoms with Crippen LogP contribution in [0.4, 0.5) is 0 Å². The quantitative estimate of drug-likeness (QED) is 0.781. The van der Waals surface area contributed by atoms with Crippen LogP contribution in [0.5, 0.6) is 0 Å². The van der Waals surface area contributed by atoms with Crippen LogP contribution in [0, 0.1) is 17.8 Å². The number of ether oxygens (including phenoxy) is 1. The fourth-order valence-electron chi connectivity index (χ4n) is 4.33. The van der Waals surface area contributed by atoms with E-state index < -0.39 is 0 Å². The Labute approximate surface area is 131 Å². The van der Waals surface area contributed by atoms with Crippen molar-refractivity contribution in [3.05, 3.63) is 0 Å². The predicted molar refractivity (Wildman–Crippen MR) is 89.6 cm³/mol. The Morgan fingerprint density at radius 2 is 1.95 bits per heavy atom. The van der Waals surface area contributed by atoms with Gasteiger partial charge in [-0.2, -0.15) is 0 Å². The third-order valence-electron chi connectivity index (χ3n) is 5.51. The van der Waals surface area contributed by atoms with Gasteiger partial charge in [-0.05, 0) is 63.5 Å². The molecule has 0 radical (unpaired) electrons. The highest BCUT2D eigenvalue weighted by Crippen LogP contribution is 2.32. The Balaban J connectivity index is 1.81. The predicted octanol–water partition coefficient (Wildman–Crippen LogP) is 3.15. The third kappa shape index (κ3) is 5.54. The molecule has 0 aromatic carbocycles. The van der Waals surface area contributed by atoms with Crippen LogP contribution in [0.2, 0.25) is 0 Å². The fourth-order valence-corrected chi connectivity index (χ4v) is 4.33. The Morgan fingerprint density at radius 3 is 2.62 bits per heavy atom. The lowest BCUT2D eigenvalue weighted by atomic mass is 9.76. The van der Waals surface area contributed by atoms with Gasteiger partial charge in [-0.3, -0.25) is 0 Å². The van der Waals surface area contributed by atoms with Crippen molar-refractivity contribution in [2.24, 2.45) is 17.8 Å². The molecule has 1 N–H and O–H groups in total. The Kier molecular flexibility index (Phi) is 7.48. The molecule has 3 heteroatoms. The molecule has 2 rings (SSSR count). The maximum atomic E-state index is 5.63. The molecule has 2 fully saturated rings. The van der Waals surface area contributed by atoms with Crippen molar-refractivity contribution in [2.75, 3.05) is 39.9 Å². The summed E-state index contributed by atoms with van der Waals surface area (Å²) in [4.78, 5) is 2.58. The van der Waals surface area contributed by atoms with Gasteiger partial charge in [0.15, 0.2) is 0 Å². The van der Waals surface area contributed by atoms with Gasteiger partial charge in [0, 0.05) is 25.7 Å². The molecular formula is C18H36N2O. The summed E-state index contributed by atoms with van der Waals surface area (Å²) >= 11 is 0. The second-order valence-corrected chi connectivity index (χ2v) is 7.32. The maximum absolute atomic E-state index is 5.63. The van der Waals surface area contributed by atoms with Crippen LogP contribution in [-0.4, -0.2) is 50.8 Å². The Hall–Kier alpha value is -0.120. The first-order valence-corrected chi connectivity index (χ1v) is 9.22. The summed E-state index contributed by atoms with van der Waals surface area (Å²) in [7, 11) is 2.31. The molecular weight excluding hydrogens is 260 g/mol. The van der Waals surface area contributed by atoms with Gasteiger partial charge in [0.1, 0.15) is 0 Å². The minimum absolute atomic E-state index is 0.739. The van der Waals surface area contributed by atoms with E-state index >= 15 is 0 Å². The molecule has 0 aromatic rings. The van der Waals surface area contributed by atoms with Crippen LogP contribution < -0.4 is 5.32 Å². The molecule has 1 aliphatic carbocycles. The van der Waals surface area contributed by atoms with E-state index in [0.29, 0.717) is 0 Å². The molecule has 1 saturated heterocycles. The molecule has 4 unspecified atom stereocenters. The van der Waals surface area contributed by atoms with E-state index in [1.165, 1.54) is 51.6 Å². The van der Waals surface area contributed by atoms with Gasteiger partial charge in [0.05, 0.1) is 6.61 Å². The van der Waals surface area contributed by atoms with Crippen LogP contribution in [0.15, 0.2) is 0 Å². The highest BCUT2D eigenvalue weighted by Gasteiger charge is 2.30. The minimum Gasteiger partial charge on any atom is -0.381 e. The van der Waals surface area contributed by atoms with E-state index in [1.54, 1.807) is 0 Å². The van der Waals surface area contributed by atoms with Crippen molar-refractivity contribution in [1.29, 1.82) is 0 Å². The molecule has 0 amide bonds. The van der Waals surface area contributed by atoms with Gasteiger partial charge < -0.3 is 15.0 Å². The highest BCUT2D eigenvalue weighted by atomic mass is 16.5. The van der Waals surface area contributed by atoms with Gasteiger partial charge in [0.25, 0.3) is 0 Å². The standard InChI is InChI=1S/C18H36N2O/c1-4-15-8-9-18(19-5-2)17(11-15)13-20(3)12-16-7-6-10-21-14-16/h15-19H,4-14H2,1-3H3. The summed E-state index contributed by atoms with van der Waals surface area (Å²) in [6.45, 7) is 10.1. The number of hydrogen-bond acceptors (Lipinski definition) is 3. The van der Waals surface area contributed by atoms with Crippen molar-refractivity contribution in [3.63, 3.8) is 0 Å². The first-order valence-electron chi connectivity index (χ1n) is 9.22. The van der Waals surface area contributed by atoms with Gasteiger partial charge in [0.2, 0.25) is 0 Å². The summed E-state index contributed by atoms with van der Waals surface area (Å²) in [6, 6.07) is 0.739. The number of rotatable bonds is 7. The van der Waals surface area contributed by atoms with E-state index in [4.69, 9.17) is 4.74 Å². The van der Waals surface area contributed by atoms with Crippen LogP contribution in [0.25, 0.3) is 0 Å². The van der Waals surface area contributed by atoms with Gasteiger partial charge >= 0.3 is 0 Å². The van der Waals surface area contributed by atoms with Crippen LogP contribution in [0.1, 0.15) is 52.4 Å². The Bertz CT molecular complexity index is 278. The van der Waals surface area contributed by atoms with Crippen molar-refractivity contribution in [1.82, 2.24) is 10.2 Å². The van der Waals surface area contributed by atoms with Gasteiger partial charge in [-0.15, -0.1) is 0 Å². The van der Waals surface area contributed by atoms with E-state index in [1.807, 2.05) is 0 Å². The lowest BCUT2D eigenvalue weighted by Gasteiger charge is -2.39. The van der Waals surface area contributed by atoms with Crippen LogP contribution in [0.3, 0.4) is 0 Å². The molecule has 1 aliphatic heterocycles. The lowest BCUT2D eigenvalue weighted by Crippen LogP contribution is -2.46. The van der Waals surface area contributed by atoms with Gasteiger partial charge in [-0.25, -0.2) is 0 Å². The highest BCUT2D eigenvalue weighted by molar-refractivity contribution is 4.86. The maximum Gasteiger partial charge on any atom is 0.0506 e. The summed E-state index contributed by atoms with van der Waals surface area (Å²) in [5.41, 5.74) is 0. The lowest BCUT2D eigenvalue weighted by molar-refractivity contribution is 0.0371. The zero-order chi connectivity index (χ0) is 15.1. The van der Waals surface area contributed by atoms with Crippen molar-refractivity contribution in [2.45, 2.75) is 58.4 Å². The van der Waals surface area contributed by atoms with E-state index in [0.717, 1.165) is 43.6 Å². The molecule has 124 valence electrons. The third-order valence-corrected chi connectivity index (χ3v) is 5.51. The second kappa shape index (κ2) is 9.12. The van der Waals surface area contributed by atoms with E-state index in [9.17, 15) is 0 Å². The van der Waals surface area contributed by atoms with Crippen LogP contribution in [-0.2, 0) is 4.74 Å². The monoisotopic (exact) mass is 296 g/mol. The summed E-state index contributed by atoms with van der Waals surface area (Å²) < 4.78 is 5.63. The topological polar surface area (TPSA) is 24.5 Å². The molecule has 0 bridgehead atoms. The van der Waals surface area contributed by atoms with Crippen molar-refractivity contribution in [3.8, 4) is 0 Å². The number of hydrogen-bond donors (Lipinski definition) is 1. The smallest absolute Gasteiger partial charge is 0.0506 e. The summed E-state index contributed by atoms with van der Waals surface area (Å²) in [5.74, 6) is 2.54. The van der Waals surface area contributed by atoms with Crippen molar-refractivity contribution >= 4 is 0 Å². The number of nitrogens with zero attached hydrogens (tertiary/aromatic N) is 1. The van der Waals surface area contributed by atoms with Crippen molar-refractivity contribution < 1.29 is 4.74 Å². The normalized spacial score (nSPS) is 34.3. The molecule has 3 nitrogen and oxygen atoms in total. The zero-order valence-electron chi connectivity index (χ0n) is 14.4. The summed E-state index contributed by atoms with van der Waals surface area (Å²) in [5, 5.41) is 3.74. The first-order chi connectivity index (χ1) is 10.2. The molecule has 21 heavy (non-hydrogen) atoms.